The summed E-state index contributed by atoms with van der Waals surface area (Å²) in [6.07, 6.45) is 5.34. The van der Waals surface area contributed by atoms with Gasteiger partial charge in [0.1, 0.15) is 23.5 Å². The van der Waals surface area contributed by atoms with Crippen molar-refractivity contribution in [2.75, 3.05) is 18.4 Å². The van der Waals surface area contributed by atoms with E-state index in [4.69, 9.17) is 0 Å². The normalized spacial score (nSPS) is 15.3. The number of hydrogen-bond acceptors (Lipinski definition) is 4. The molecule has 1 N–H and O–H groups in total. The van der Waals surface area contributed by atoms with Crippen LogP contribution in [0.5, 0.6) is 0 Å². The zero-order chi connectivity index (χ0) is 17.8. The first-order valence-corrected chi connectivity index (χ1v) is 9.23. The van der Waals surface area contributed by atoms with Gasteiger partial charge in [-0.2, -0.15) is 0 Å². The van der Waals surface area contributed by atoms with Crippen molar-refractivity contribution in [2.45, 2.75) is 32.4 Å². The Morgan fingerprint density at radius 2 is 1.73 bits per heavy atom. The van der Waals surface area contributed by atoms with Crippen LogP contribution in [0.2, 0.25) is 0 Å². The molecule has 134 valence electrons. The highest BCUT2D eigenvalue weighted by Crippen LogP contribution is 2.23. The summed E-state index contributed by atoms with van der Waals surface area (Å²) in [5, 5.41) is 4.08. The lowest BCUT2D eigenvalue weighted by Gasteiger charge is -2.27. The van der Waals surface area contributed by atoms with Crippen LogP contribution >= 0.6 is 0 Å². The molecule has 0 radical (unpaired) electrons. The highest BCUT2D eigenvalue weighted by molar-refractivity contribution is 5.89. The zero-order valence-electron chi connectivity index (χ0n) is 14.8. The number of hydrogen-bond donors (Lipinski definition) is 1. The highest BCUT2D eigenvalue weighted by Gasteiger charge is 2.13. The molecule has 2 heterocycles. The van der Waals surface area contributed by atoms with E-state index < -0.39 is 0 Å². The third-order valence-corrected chi connectivity index (χ3v) is 5.02. The third-order valence-electron chi connectivity index (χ3n) is 5.02. The molecule has 5 heteroatoms. The highest BCUT2D eigenvalue weighted by atomic mass is 19.1. The molecule has 1 aliphatic rings. The summed E-state index contributed by atoms with van der Waals surface area (Å²) >= 11 is 0. The van der Waals surface area contributed by atoms with Gasteiger partial charge in [0.05, 0.1) is 0 Å². The Bertz CT molecular complexity index is 890. The minimum absolute atomic E-state index is 0.321. The SMILES string of the molecule is Fc1cccc2c(NCc3ccccc3CN3CCCCC3)ncnc12. The number of benzene rings is 2. The predicted molar refractivity (Wildman–Crippen MR) is 102 cm³/mol. The summed E-state index contributed by atoms with van der Waals surface area (Å²) in [7, 11) is 0. The van der Waals surface area contributed by atoms with Crippen molar-refractivity contribution in [2.24, 2.45) is 0 Å². The van der Waals surface area contributed by atoms with E-state index in [2.05, 4.69) is 44.5 Å². The molecule has 0 unspecified atom stereocenters. The van der Waals surface area contributed by atoms with Crippen LogP contribution in [0.4, 0.5) is 10.2 Å². The Morgan fingerprint density at radius 3 is 2.58 bits per heavy atom. The molecule has 0 spiro atoms. The van der Waals surface area contributed by atoms with E-state index in [0.717, 1.165) is 6.54 Å². The van der Waals surface area contributed by atoms with Crippen LogP contribution in [0.3, 0.4) is 0 Å². The summed E-state index contributed by atoms with van der Waals surface area (Å²) in [5.74, 6) is 0.348. The van der Waals surface area contributed by atoms with Gasteiger partial charge in [0.15, 0.2) is 0 Å². The number of halogens is 1. The summed E-state index contributed by atoms with van der Waals surface area (Å²) in [5.41, 5.74) is 2.94. The molecule has 1 aliphatic heterocycles. The predicted octanol–water partition coefficient (Wildman–Crippen LogP) is 4.37. The first-order valence-electron chi connectivity index (χ1n) is 9.23. The number of likely N-dealkylation sites (tertiary alicyclic amines) is 1. The van der Waals surface area contributed by atoms with Gasteiger partial charge in [0.25, 0.3) is 0 Å². The smallest absolute Gasteiger partial charge is 0.149 e. The van der Waals surface area contributed by atoms with E-state index >= 15 is 0 Å². The van der Waals surface area contributed by atoms with Crippen LogP contribution in [0.15, 0.2) is 48.8 Å². The minimum atomic E-state index is -0.321. The van der Waals surface area contributed by atoms with E-state index in [1.54, 1.807) is 6.07 Å². The monoisotopic (exact) mass is 350 g/mol. The molecule has 0 aliphatic carbocycles. The van der Waals surface area contributed by atoms with Crippen LogP contribution in [-0.4, -0.2) is 28.0 Å². The van der Waals surface area contributed by atoms with Gasteiger partial charge in [-0.05, 0) is 49.2 Å². The van der Waals surface area contributed by atoms with Crippen molar-refractivity contribution in [1.82, 2.24) is 14.9 Å². The number of nitrogens with one attached hydrogen (secondary N) is 1. The lowest BCUT2D eigenvalue weighted by atomic mass is 10.0. The number of nitrogens with zero attached hydrogens (tertiary/aromatic N) is 3. The van der Waals surface area contributed by atoms with Crippen LogP contribution < -0.4 is 5.32 Å². The van der Waals surface area contributed by atoms with E-state index in [1.165, 1.54) is 55.9 Å². The quantitative estimate of drug-likeness (QED) is 0.742. The fourth-order valence-corrected chi connectivity index (χ4v) is 3.61. The van der Waals surface area contributed by atoms with Crippen molar-refractivity contribution in [3.63, 3.8) is 0 Å². The lowest BCUT2D eigenvalue weighted by molar-refractivity contribution is 0.220. The number of aromatic nitrogens is 2. The molecule has 4 rings (SSSR count). The maximum Gasteiger partial charge on any atom is 0.149 e. The first kappa shape index (κ1) is 16.9. The van der Waals surface area contributed by atoms with Gasteiger partial charge in [-0.1, -0.05) is 36.8 Å². The molecule has 0 saturated carbocycles. The first-order chi connectivity index (χ1) is 12.8. The van der Waals surface area contributed by atoms with Crippen molar-refractivity contribution >= 4 is 16.7 Å². The summed E-state index contributed by atoms with van der Waals surface area (Å²) in [6, 6.07) is 13.5. The Balaban J connectivity index is 1.53. The second-order valence-corrected chi connectivity index (χ2v) is 6.82. The lowest BCUT2D eigenvalue weighted by Crippen LogP contribution is -2.29. The Hall–Kier alpha value is -2.53. The molecule has 26 heavy (non-hydrogen) atoms. The molecular weight excluding hydrogens is 327 g/mol. The Labute approximate surface area is 153 Å². The van der Waals surface area contributed by atoms with Gasteiger partial charge in [-0.15, -0.1) is 0 Å². The number of piperidine rings is 1. The summed E-state index contributed by atoms with van der Waals surface area (Å²) < 4.78 is 13.9. The molecule has 0 bridgehead atoms. The molecule has 4 nitrogen and oxygen atoms in total. The number of para-hydroxylation sites is 1. The standard InChI is InChI=1S/C21H23FN4/c22-19-10-6-9-18-20(19)24-15-25-21(18)23-13-16-7-2-3-8-17(16)14-26-11-4-1-5-12-26/h2-3,6-10,15H,1,4-5,11-14H2,(H,23,24,25). The van der Waals surface area contributed by atoms with Crippen LogP contribution in [0.25, 0.3) is 10.9 Å². The van der Waals surface area contributed by atoms with Gasteiger partial charge in [0.2, 0.25) is 0 Å². The van der Waals surface area contributed by atoms with E-state index in [0.29, 0.717) is 23.3 Å². The largest absolute Gasteiger partial charge is 0.365 e. The molecular formula is C21H23FN4. The number of anilines is 1. The van der Waals surface area contributed by atoms with E-state index in [9.17, 15) is 4.39 Å². The molecule has 1 saturated heterocycles. The molecule has 1 aromatic heterocycles. The van der Waals surface area contributed by atoms with Crippen molar-refractivity contribution in [3.05, 3.63) is 65.7 Å². The van der Waals surface area contributed by atoms with Crippen LogP contribution in [0.1, 0.15) is 30.4 Å². The summed E-state index contributed by atoms with van der Waals surface area (Å²) in [4.78, 5) is 10.9. The van der Waals surface area contributed by atoms with E-state index in [-0.39, 0.29) is 5.82 Å². The van der Waals surface area contributed by atoms with Gasteiger partial charge in [-0.25, -0.2) is 14.4 Å². The maximum absolute atomic E-state index is 13.9. The number of rotatable bonds is 5. The minimum Gasteiger partial charge on any atom is -0.365 e. The molecule has 2 aromatic carbocycles. The molecule has 0 amide bonds. The van der Waals surface area contributed by atoms with Gasteiger partial charge in [-0.3, -0.25) is 4.90 Å². The average molecular weight is 350 g/mol. The van der Waals surface area contributed by atoms with Crippen LogP contribution in [-0.2, 0) is 13.1 Å². The second-order valence-electron chi connectivity index (χ2n) is 6.82. The average Bonchev–Trinajstić information content (AvgIpc) is 2.69. The Kier molecular flexibility index (Phi) is 5.07. The van der Waals surface area contributed by atoms with Crippen molar-refractivity contribution in [1.29, 1.82) is 0 Å². The van der Waals surface area contributed by atoms with E-state index in [1.807, 2.05) is 6.07 Å². The molecule has 0 atom stereocenters. The molecule has 3 aromatic rings. The Morgan fingerprint density at radius 1 is 0.923 bits per heavy atom. The summed E-state index contributed by atoms with van der Waals surface area (Å²) in [6.45, 7) is 4.00. The fourth-order valence-electron chi connectivity index (χ4n) is 3.61. The van der Waals surface area contributed by atoms with Gasteiger partial charge >= 0.3 is 0 Å². The third kappa shape index (κ3) is 3.68. The molecule has 1 fully saturated rings. The fraction of sp³-hybridized carbons (Fsp3) is 0.333. The van der Waals surface area contributed by atoms with Gasteiger partial charge in [0, 0.05) is 18.5 Å². The maximum atomic E-state index is 13.9. The van der Waals surface area contributed by atoms with Gasteiger partial charge < -0.3 is 5.32 Å². The van der Waals surface area contributed by atoms with Crippen LogP contribution in [0, 0.1) is 5.82 Å². The second kappa shape index (κ2) is 7.79. The topological polar surface area (TPSA) is 41.0 Å². The number of fused-ring (bicyclic) bond motifs is 1. The van der Waals surface area contributed by atoms with Crippen molar-refractivity contribution < 1.29 is 4.39 Å². The zero-order valence-corrected chi connectivity index (χ0v) is 14.8. The van der Waals surface area contributed by atoms with Crippen molar-refractivity contribution in [3.8, 4) is 0 Å².